The van der Waals surface area contributed by atoms with Crippen LogP contribution in [-0.4, -0.2) is 23.2 Å². The molecule has 8 heteroatoms. The Morgan fingerprint density at radius 1 is 1.21 bits per heavy atom. The van der Waals surface area contributed by atoms with Crippen molar-refractivity contribution >= 4 is 16.8 Å². The number of amides is 1. The molecule has 0 aliphatic rings. The molecule has 0 fully saturated rings. The maximum atomic E-state index is 14.1. The molecule has 1 heterocycles. The number of hydrogen-bond acceptors (Lipinski definition) is 2. The van der Waals surface area contributed by atoms with Crippen LogP contribution in [0.15, 0.2) is 36.5 Å². The quantitative estimate of drug-likeness (QED) is 0.700. The number of benzene rings is 2. The van der Waals surface area contributed by atoms with Crippen molar-refractivity contribution in [1.29, 1.82) is 0 Å². The van der Waals surface area contributed by atoms with E-state index in [9.17, 15) is 22.4 Å². The summed E-state index contributed by atoms with van der Waals surface area (Å²) in [5.74, 6) is -1.43. The molecule has 2 aromatic carbocycles. The Labute approximate surface area is 133 Å². The van der Waals surface area contributed by atoms with Crippen LogP contribution in [0.2, 0.25) is 0 Å². The number of hydrogen-bond donors (Lipinski definition) is 2. The molecule has 0 bridgehead atoms. The molecule has 3 rings (SSSR count). The number of aromatic amines is 1. The maximum absolute atomic E-state index is 14.1. The Morgan fingerprint density at radius 2 is 1.96 bits per heavy atom. The van der Waals surface area contributed by atoms with Crippen LogP contribution >= 0.6 is 0 Å². The SMILES string of the molecule is CNC(=O)c1ccc(-c2cc(C(F)(F)F)cc3[nH]ncc23)cc1F. The van der Waals surface area contributed by atoms with Gasteiger partial charge in [0.15, 0.2) is 0 Å². The lowest BCUT2D eigenvalue weighted by atomic mass is 9.97. The van der Waals surface area contributed by atoms with Gasteiger partial charge < -0.3 is 5.32 Å². The first-order valence-corrected chi connectivity index (χ1v) is 6.87. The van der Waals surface area contributed by atoms with E-state index in [1.165, 1.54) is 25.4 Å². The van der Waals surface area contributed by atoms with Crippen molar-refractivity contribution in [2.45, 2.75) is 6.18 Å². The number of fused-ring (bicyclic) bond motifs is 1. The number of aromatic nitrogens is 2. The lowest BCUT2D eigenvalue weighted by molar-refractivity contribution is -0.137. The summed E-state index contributed by atoms with van der Waals surface area (Å²) in [5.41, 5.74) is -0.467. The Kier molecular flexibility index (Phi) is 3.75. The minimum absolute atomic E-state index is 0.177. The van der Waals surface area contributed by atoms with Gasteiger partial charge in [-0.3, -0.25) is 9.89 Å². The summed E-state index contributed by atoms with van der Waals surface area (Å²) in [6.45, 7) is 0. The average molecular weight is 337 g/mol. The first-order chi connectivity index (χ1) is 11.3. The third-order valence-electron chi connectivity index (χ3n) is 3.64. The lowest BCUT2D eigenvalue weighted by Gasteiger charge is -2.11. The van der Waals surface area contributed by atoms with Gasteiger partial charge >= 0.3 is 6.18 Å². The first-order valence-electron chi connectivity index (χ1n) is 6.87. The molecule has 0 saturated carbocycles. The summed E-state index contributed by atoms with van der Waals surface area (Å²) in [5, 5.41) is 8.95. The summed E-state index contributed by atoms with van der Waals surface area (Å²) in [6.07, 6.45) is -3.18. The fourth-order valence-electron chi connectivity index (χ4n) is 2.46. The first kappa shape index (κ1) is 16.0. The van der Waals surface area contributed by atoms with E-state index in [2.05, 4.69) is 15.5 Å². The highest BCUT2D eigenvalue weighted by Crippen LogP contribution is 2.36. The number of nitrogens with one attached hydrogen (secondary N) is 2. The molecule has 1 aromatic heterocycles. The van der Waals surface area contributed by atoms with E-state index in [-0.39, 0.29) is 22.2 Å². The molecule has 0 aliphatic carbocycles. The van der Waals surface area contributed by atoms with Crippen LogP contribution in [0.25, 0.3) is 22.0 Å². The van der Waals surface area contributed by atoms with Crippen molar-refractivity contribution in [2.75, 3.05) is 7.05 Å². The van der Waals surface area contributed by atoms with Crippen LogP contribution < -0.4 is 5.32 Å². The van der Waals surface area contributed by atoms with Crippen molar-refractivity contribution in [3.63, 3.8) is 0 Å². The van der Waals surface area contributed by atoms with Crippen molar-refractivity contribution in [3.8, 4) is 11.1 Å². The number of carbonyl (C=O) groups excluding carboxylic acids is 1. The molecule has 0 atom stereocenters. The normalized spacial score (nSPS) is 11.7. The zero-order chi connectivity index (χ0) is 17.5. The summed E-state index contributed by atoms with van der Waals surface area (Å²) in [7, 11) is 1.36. The molecule has 4 nitrogen and oxygen atoms in total. The van der Waals surface area contributed by atoms with Gasteiger partial charge in [-0.1, -0.05) is 6.07 Å². The molecule has 0 spiro atoms. The Hall–Kier alpha value is -2.90. The summed E-state index contributed by atoms with van der Waals surface area (Å²) >= 11 is 0. The van der Waals surface area contributed by atoms with Crippen molar-refractivity contribution in [2.24, 2.45) is 0 Å². The van der Waals surface area contributed by atoms with Gasteiger partial charge in [-0.15, -0.1) is 0 Å². The smallest absolute Gasteiger partial charge is 0.355 e. The molecule has 0 radical (unpaired) electrons. The van der Waals surface area contributed by atoms with Crippen molar-refractivity contribution in [1.82, 2.24) is 15.5 Å². The number of carbonyl (C=O) groups is 1. The van der Waals surface area contributed by atoms with E-state index < -0.39 is 23.5 Å². The van der Waals surface area contributed by atoms with Crippen molar-refractivity contribution in [3.05, 3.63) is 53.5 Å². The molecule has 2 N–H and O–H groups in total. The van der Waals surface area contributed by atoms with Crippen LogP contribution in [0.4, 0.5) is 17.6 Å². The van der Waals surface area contributed by atoms with Crippen LogP contribution in [0.1, 0.15) is 15.9 Å². The molecule has 1 amide bonds. The minimum atomic E-state index is -4.55. The molecule has 124 valence electrons. The number of alkyl halides is 3. The highest BCUT2D eigenvalue weighted by molar-refractivity contribution is 5.97. The van der Waals surface area contributed by atoms with Crippen LogP contribution in [0.3, 0.4) is 0 Å². The van der Waals surface area contributed by atoms with Gasteiger partial charge in [0.2, 0.25) is 0 Å². The molecule has 24 heavy (non-hydrogen) atoms. The highest BCUT2D eigenvalue weighted by Gasteiger charge is 2.32. The van der Waals surface area contributed by atoms with E-state index in [1.807, 2.05) is 0 Å². The molecule has 0 saturated heterocycles. The van der Waals surface area contributed by atoms with Gasteiger partial charge in [-0.05, 0) is 35.4 Å². The molecule has 0 aliphatic heterocycles. The predicted octanol–water partition coefficient (Wildman–Crippen LogP) is 3.75. The molecule has 0 unspecified atom stereocenters. The number of H-pyrrole nitrogens is 1. The van der Waals surface area contributed by atoms with Crippen molar-refractivity contribution < 1.29 is 22.4 Å². The lowest BCUT2D eigenvalue weighted by Crippen LogP contribution is -2.19. The number of halogens is 4. The van der Waals surface area contributed by atoms with E-state index >= 15 is 0 Å². The Bertz CT molecular complexity index is 931. The third kappa shape index (κ3) is 2.70. The minimum Gasteiger partial charge on any atom is -0.355 e. The van der Waals surface area contributed by atoms with Gasteiger partial charge in [0.1, 0.15) is 5.82 Å². The Balaban J connectivity index is 2.20. The third-order valence-corrected chi connectivity index (χ3v) is 3.64. The number of rotatable bonds is 2. The topological polar surface area (TPSA) is 57.8 Å². The van der Waals surface area contributed by atoms with Gasteiger partial charge in [0.25, 0.3) is 5.91 Å². The zero-order valence-corrected chi connectivity index (χ0v) is 12.3. The monoisotopic (exact) mass is 337 g/mol. The van der Waals surface area contributed by atoms with Gasteiger partial charge in [0.05, 0.1) is 22.8 Å². The molecule has 3 aromatic rings. The van der Waals surface area contributed by atoms with Crippen LogP contribution in [0, 0.1) is 5.82 Å². The standard InChI is InChI=1S/C16H11F4N3O/c1-21-15(24)10-3-2-8(4-13(10)17)11-5-9(16(18,19)20)6-14-12(11)7-22-23-14/h2-7H,1H3,(H,21,24)(H,22,23). The fourth-order valence-corrected chi connectivity index (χ4v) is 2.46. The van der Waals surface area contributed by atoms with E-state index in [1.54, 1.807) is 0 Å². The van der Waals surface area contributed by atoms with Gasteiger partial charge in [-0.25, -0.2) is 4.39 Å². The van der Waals surface area contributed by atoms with Crippen LogP contribution in [-0.2, 0) is 6.18 Å². The van der Waals surface area contributed by atoms with Gasteiger partial charge in [-0.2, -0.15) is 18.3 Å². The van der Waals surface area contributed by atoms with Gasteiger partial charge in [0, 0.05) is 12.4 Å². The average Bonchev–Trinajstić information content (AvgIpc) is 3.00. The van der Waals surface area contributed by atoms with Crippen LogP contribution in [0.5, 0.6) is 0 Å². The summed E-state index contributed by atoms with van der Waals surface area (Å²) in [6, 6.07) is 5.55. The molecular formula is C16H11F4N3O. The Morgan fingerprint density at radius 3 is 2.58 bits per heavy atom. The van der Waals surface area contributed by atoms with E-state index in [4.69, 9.17) is 0 Å². The largest absolute Gasteiger partial charge is 0.416 e. The maximum Gasteiger partial charge on any atom is 0.416 e. The summed E-state index contributed by atoms with van der Waals surface area (Å²) < 4.78 is 53.3. The fraction of sp³-hybridized carbons (Fsp3) is 0.125. The predicted molar refractivity (Wildman–Crippen MR) is 79.9 cm³/mol. The number of nitrogens with zero attached hydrogens (tertiary/aromatic N) is 1. The van der Waals surface area contributed by atoms with E-state index in [0.29, 0.717) is 5.39 Å². The second kappa shape index (κ2) is 5.63. The van der Waals surface area contributed by atoms with E-state index in [0.717, 1.165) is 18.2 Å². The second-order valence-corrected chi connectivity index (χ2v) is 5.13. The zero-order valence-electron chi connectivity index (χ0n) is 12.3. The highest BCUT2D eigenvalue weighted by atomic mass is 19.4. The summed E-state index contributed by atoms with van der Waals surface area (Å²) in [4.78, 5) is 11.5. The second-order valence-electron chi connectivity index (χ2n) is 5.13. The molecular weight excluding hydrogens is 326 g/mol.